The van der Waals surface area contributed by atoms with Gasteiger partial charge in [0.2, 0.25) is 5.91 Å². The van der Waals surface area contributed by atoms with E-state index >= 15 is 0 Å². The molecule has 2 atom stereocenters. The Kier molecular flexibility index (Phi) is 2.76. The lowest BCUT2D eigenvalue weighted by atomic mass is 10.1. The number of benzene rings is 1. The zero-order valence-corrected chi connectivity index (χ0v) is 8.51. The Balaban J connectivity index is 2.02. The number of hydrogen-bond donors (Lipinski definition) is 3. The minimum Gasteiger partial charge on any atom is -0.480 e. The second kappa shape index (κ2) is 4.22. The molecule has 0 saturated carbocycles. The maximum absolute atomic E-state index is 11.5. The SMILES string of the molecule is O=C1N[C@H](C(=O)O)CC1Nc1ccccc1. The number of carboxylic acid groups (broad SMARTS) is 1. The van der Waals surface area contributed by atoms with Crippen LogP contribution in [-0.2, 0) is 9.59 Å². The number of rotatable bonds is 3. The van der Waals surface area contributed by atoms with Gasteiger partial charge in [-0.3, -0.25) is 4.79 Å². The number of para-hydroxylation sites is 1. The molecule has 1 amide bonds. The van der Waals surface area contributed by atoms with Crippen molar-refractivity contribution in [1.82, 2.24) is 5.32 Å². The molecule has 0 bridgehead atoms. The van der Waals surface area contributed by atoms with Crippen LogP contribution in [-0.4, -0.2) is 29.1 Å². The van der Waals surface area contributed by atoms with E-state index < -0.39 is 18.1 Å². The lowest BCUT2D eigenvalue weighted by Crippen LogP contribution is -2.34. The summed E-state index contributed by atoms with van der Waals surface area (Å²) in [6.07, 6.45) is 0.267. The van der Waals surface area contributed by atoms with Crippen molar-refractivity contribution in [3.8, 4) is 0 Å². The van der Waals surface area contributed by atoms with Crippen molar-refractivity contribution >= 4 is 17.6 Å². The van der Waals surface area contributed by atoms with E-state index in [9.17, 15) is 9.59 Å². The number of aliphatic carboxylic acids is 1. The lowest BCUT2D eigenvalue weighted by Gasteiger charge is -2.10. The monoisotopic (exact) mass is 220 g/mol. The molecule has 84 valence electrons. The number of carbonyl (C=O) groups excluding carboxylic acids is 1. The summed E-state index contributed by atoms with van der Waals surface area (Å²) in [5.41, 5.74) is 0.814. The number of anilines is 1. The van der Waals surface area contributed by atoms with E-state index in [1.165, 1.54) is 0 Å². The normalized spacial score (nSPS) is 23.9. The molecule has 3 N–H and O–H groups in total. The Bertz CT molecular complexity index is 405. The van der Waals surface area contributed by atoms with Crippen LogP contribution in [0.4, 0.5) is 5.69 Å². The highest BCUT2D eigenvalue weighted by Crippen LogP contribution is 2.15. The highest BCUT2D eigenvalue weighted by atomic mass is 16.4. The zero-order valence-electron chi connectivity index (χ0n) is 8.51. The third-order valence-corrected chi connectivity index (χ3v) is 2.52. The summed E-state index contributed by atoms with van der Waals surface area (Å²) in [4.78, 5) is 22.2. The van der Waals surface area contributed by atoms with Crippen molar-refractivity contribution in [3.63, 3.8) is 0 Å². The number of amides is 1. The standard InChI is InChI=1S/C11H12N2O3/c14-10-8(6-9(13-10)11(15)16)12-7-4-2-1-3-5-7/h1-5,8-9,12H,6H2,(H,13,14)(H,15,16)/t8?,9-/m0/s1. The highest BCUT2D eigenvalue weighted by molar-refractivity contribution is 5.92. The number of carboxylic acids is 1. The van der Waals surface area contributed by atoms with Gasteiger partial charge in [-0.15, -0.1) is 0 Å². The Morgan fingerprint density at radius 2 is 2.06 bits per heavy atom. The van der Waals surface area contributed by atoms with E-state index in [2.05, 4.69) is 10.6 Å². The Morgan fingerprint density at radius 3 is 2.62 bits per heavy atom. The van der Waals surface area contributed by atoms with Gasteiger partial charge in [-0.05, 0) is 12.1 Å². The average molecular weight is 220 g/mol. The minimum absolute atomic E-state index is 0.267. The molecule has 5 nitrogen and oxygen atoms in total. The molecule has 2 rings (SSSR count). The molecular formula is C11H12N2O3. The molecule has 1 unspecified atom stereocenters. The molecule has 1 aromatic carbocycles. The van der Waals surface area contributed by atoms with Gasteiger partial charge in [0, 0.05) is 12.1 Å². The topological polar surface area (TPSA) is 78.4 Å². The van der Waals surface area contributed by atoms with Crippen LogP contribution in [0.15, 0.2) is 30.3 Å². The van der Waals surface area contributed by atoms with Gasteiger partial charge in [0.15, 0.2) is 0 Å². The van der Waals surface area contributed by atoms with Gasteiger partial charge in [-0.25, -0.2) is 4.79 Å². The summed E-state index contributed by atoms with van der Waals surface area (Å²) in [5.74, 6) is -1.26. The van der Waals surface area contributed by atoms with Gasteiger partial charge in [0.1, 0.15) is 12.1 Å². The summed E-state index contributed by atoms with van der Waals surface area (Å²) >= 11 is 0. The fraction of sp³-hybridized carbons (Fsp3) is 0.273. The van der Waals surface area contributed by atoms with Crippen LogP contribution in [0.2, 0.25) is 0 Å². The van der Waals surface area contributed by atoms with Gasteiger partial charge in [0.05, 0.1) is 0 Å². The molecule has 1 heterocycles. The van der Waals surface area contributed by atoms with Crippen molar-refractivity contribution in [3.05, 3.63) is 30.3 Å². The first kappa shape index (κ1) is 10.5. The third kappa shape index (κ3) is 2.13. The van der Waals surface area contributed by atoms with Crippen molar-refractivity contribution in [1.29, 1.82) is 0 Å². The van der Waals surface area contributed by atoms with Crippen LogP contribution in [0.5, 0.6) is 0 Å². The first-order valence-corrected chi connectivity index (χ1v) is 5.01. The second-order valence-electron chi connectivity index (χ2n) is 3.70. The van der Waals surface area contributed by atoms with Crippen LogP contribution < -0.4 is 10.6 Å². The van der Waals surface area contributed by atoms with Crippen LogP contribution in [0.3, 0.4) is 0 Å². The van der Waals surface area contributed by atoms with Crippen molar-refractivity contribution in [2.45, 2.75) is 18.5 Å². The lowest BCUT2D eigenvalue weighted by molar-refractivity contribution is -0.140. The Hall–Kier alpha value is -2.04. The second-order valence-corrected chi connectivity index (χ2v) is 3.70. The molecule has 1 saturated heterocycles. The number of carbonyl (C=O) groups is 2. The van der Waals surface area contributed by atoms with Crippen LogP contribution in [0.25, 0.3) is 0 Å². The van der Waals surface area contributed by atoms with Crippen molar-refractivity contribution < 1.29 is 14.7 Å². The minimum atomic E-state index is -0.995. The smallest absolute Gasteiger partial charge is 0.326 e. The molecule has 0 aliphatic carbocycles. The molecule has 0 radical (unpaired) electrons. The molecule has 16 heavy (non-hydrogen) atoms. The summed E-state index contributed by atoms with van der Waals surface area (Å²) in [6, 6.07) is 7.99. The Labute approximate surface area is 92.5 Å². The van der Waals surface area contributed by atoms with Gasteiger partial charge in [-0.1, -0.05) is 18.2 Å². The van der Waals surface area contributed by atoms with Crippen molar-refractivity contribution in [2.75, 3.05) is 5.32 Å². The average Bonchev–Trinajstić information content (AvgIpc) is 2.62. The van der Waals surface area contributed by atoms with Gasteiger partial charge in [0.25, 0.3) is 0 Å². The summed E-state index contributed by atoms with van der Waals surface area (Å²) in [6.45, 7) is 0. The van der Waals surface area contributed by atoms with E-state index in [-0.39, 0.29) is 12.3 Å². The van der Waals surface area contributed by atoms with E-state index in [0.717, 1.165) is 5.69 Å². The summed E-state index contributed by atoms with van der Waals surface area (Å²) in [7, 11) is 0. The quantitative estimate of drug-likeness (QED) is 0.690. The summed E-state index contributed by atoms with van der Waals surface area (Å²) < 4.78 is 0. The van der Waals surface area contributed by atoms with Gasteiger partial charge < -0.3 is 15.7 Å². The molecule has 1 aliphatic rings. The Morgan fingerprint density at radius 1 is 1.38 bits per heavy atom. The first-order valence-electron chi connectivity index (χ1n) is 5.01. The number of nitrogens with one attached hydrogen (secondary N) is 2. The van der Waals surface area contributed by atoms with E-state index in [0.29, 0.717) is 0 Å². The van der Waals surface area contributed by atoms with Crippen LogP contribution in [0.1, 0.15) is 6.42 Å². The van der Waals surface area contributed by atoms with Crippen molar-refractivity contribution in [2.24, 2.45) is 0 Å². The van der Waals surface area contributed by atoms with Crippen LogP contribution in [0, 0.1) is 0 Å². The molecular weight excluding hydrogens is 208 g/mol. The molecule has 1 aromatic rings. The van der Waals surface area contributed by atoms with Gasteiger partial charge >= 0.3 is 5.97 Å². The van der Waals surface area contributed by atoms with E-state index in [4.69, 9.17) is 5.11 Å². The molecule has 0 spiro atoms. The molecule has 0 aromatic heterocycles. The fourth-order valence-electron chi connectivity index (χ4n) is 1.70. The maximum atomic E-state index is 11.5. The predicted octanol–water partition coefficient (Wildman–Crippen LogP) is 0.440. The number of hydrogen-bond acceptors (Lipinski definition) is 3. The largest absolute Gasteiger partial charge is 0.480 e. The third-order valence-electron chi connectivity index (χ3n) is 2.52. The predicted molar refractivity (Wildman–Crippen MR) is 58.0 cm³/mol. The van der Waals surface area contributed by atoms with E-state index in [1.807, 2.05) is 30.3 Å². The molecule has 5 heteroatoms. The fourth-order valence-corrected chi connectivity index (χ4v) is 1.70. The highest BCUT2D eigenvalue weighted by Gasteiger charge is 2.35. The van der Waals surface area contributed by atoms with Gasteiger partial charge in [-0.2, -0.15) is 0 Å². The maximum Gasteiger partial charge on any atom is 0.326 e. The van der Waals surface area contributed by atoms with Crippen LogP contribution >= 0.6 is 0 Å². The molecule has 1 fully saturated rings. The molecule has 1 aliphatic heterocycles. The zero-order chi connectivity index (χ0) is 11.5. The van der Waals surface area contributed by atoms with E-state index in [1.54, 1.807) is 0 Å². The summed E-state index contributed by atoms with van der Waals surface area (Å²) in [5, 5.41) is 14.2. The first-order chi connectivity index (χ1) is 7.66.